The average molecular weight is 334 g/mol. The van der Waals surface area contributed by atoms with Crippen LogP contribution in [-0.2, 0) is 16.6 Å². The van der Waals surface area contributed by atoms with Crippen molar-refractivity contribution in [1.29, 1.82) is 0 Å². The van der Waals surface area contributed by atoms with E-state index in [0.29, 0.717) is 10.0 Å². The molecule has 0 aliphatic heterocycles. The standard InChI is InChI=1S/C12H16BrNO3S/c1-12(5-2-6-12)14-18(16,17)11-7-9(8-15)3-4-10(11)13/h3-4,7,14-15H,2,5-6,8H2,1H3. The maximum absolute atomic E-state index is 12.3. The summed E-state index contributed by atoms with van der Waals surface area (Å²) in [5, 5.41) is 9.08. The third-order valence-electron chi connectivity index (χ3n) is 3.31. The number of benzene rings is 1. The highest BCUT2D eigenvalue weighted by Crippen LogP contribution is 2.33. The summed E-state index contributed by atoms with van der Waals surface area (Å²) in [4.78, 5) is 0.183. The van der Waals surface area contributed by atoms with Crippen molar-refractivity contribution in [2.75, 3.05) is 0 Å². The molecule has 2 rings (SSSR count). The van der Waals surface area contributed by atoms with E-state index in [1.807, 2.05) is 6.92 Å². The van der Waals surface area contributed by atoms with Crippen LogP contribution in [-0.4, -0.2) is 19.1 Å². The van der Waals surface area contributed by atoms with E-state index in [0.717, 1.165) is 19.3 Å². The zero-order valence-corrected chi connectivity index (χ0v) is 12.5. The second-order valence-electron chi connectivity index (χ2n) is 4.94. The number of hydrogen-bond donors (Lipinski definition) is 2. The normalized spacial score (nSPS) is 18.4. The molecule has 6 heteroatoms. The predicted molar refractivity (Wildman–Crippen MR) is 72.6 cm³/mol. The van der Waals surface area contributed by atoms with Gasteiger partial charge >= 0.3 is 0 Å². The molecule has 1 fully saturated rings. The fraction of sp³-hybridized carbons (Fsp3) is 0.500. The molecule has 100 valence electrons. The van der Waals surface area contributed by atoms with Gasteiger partial charge in [-0.05, 0) is 59.8 Å². The molecule has 1 aromatic carbocycles. The van der Waals surface area contributed by atoms with Crippen molar-refractivity contribution in [3.63, 3.8) is 0 Å². The SMILES string of the molecule is CC1(NS(=O)(=O)c2cc(CO)ccc2Br)CCC1. The van der Waals surface area contributed by atoms with Crippen LogP contribution in [0.25, 0.3) is 0 Å². The highest BCUT2D eigenvalue weighted by Gasteiger charge is 2.36. The zero-order valence-electron chi connectivity index (χ0n) is 10.1. The number of aliphatic hydroxyl groups is 1. The maximum Gasteiger partial charge on any atom is 0.242 e. The van der Waals surface area contributed by atoms with Crippen LogP contribution in [0.2, 0.25) is 0 Å². The Bertz CT molecular complexity index is 552. The molecule has 0 spiro atoms. The quantitative estimate of drug-likeness (QED) is 0.887. The summed E-state index contributed by atoms with van der Waals surface area (Å²) in [7, 11) is -3.55. The molecule has 0 saturated heterocycles. The lowest BCUT2D eigenvalue weighted by molar-refractivity contribution is 0.248. The van der Waals surface area contributed by atoms with Crippen molar-refractivity contribution in [2.24, 2.45) is 0 Å². The highest BCUT2D eigenvalue weighted by atomic mass is 79.9. The molecule has 4 nitrogen and oxygen atoms in total. The van der Waals surface area contributed by atoms with Crippen molar-refractivity contribution >= 4 is 26.0 Å². The predicted octanol–water partition coefficient (Wildman–Crippen LogP) is 2.16. The first-order valence-corrected chi connectivity index (χ1v) is 8.07. The van der Waals surface area contributed by atoms with Gasteiger partial charge in [-0.2, -0.15) is 0 Å². The van der Waals surface area contributed by atoms with E-state index in [9.17, 15) is 8.42 Å². The van der Waals surface area contributed by atoms with E-state index in [-0.39, 0.29) is 17.0 Å². The van der Waals surface area contributed by atoms with Gasteiger partial charge in [0.1, 0.15) is 0 Å². The first-order chi connectivity index (χ1) is 8.36. The van der Waals surface area contributed by atoms with E-state index < -0.39 is 10.0 Å². The molecule has 0 unspecified atom stereocenters. The number of nitrogens with one attached hydrogen (secondary N) is 1. The monoisotopic (exact) mass is 333 g/mol. The first kappa shape index (κ1) is 14.0. The van der Waals surface area contributed by atoms with Gasteiger partial charge in [0.25, 0.3) is 0 Å². The number of aliphatic hydroxyl groups excluding tert-OH is 1. The van der Waals surface area contributed by atoms with Gasteiger partial charge in [0.15, 0.2) is 0 Å². The van der Waals surface area contributed by atoms with E-state index in [2.05, 4.69) is 20.7 Å². The number of hydrogen-bond acceptors (Lipinski definition) is 3. The minimum absolute atomic E-state index is 0.174. The van der Waals surface area contributed by atoms with Gasteiger partial charge in [-0.1, -0.05) is 6.07 Å². The van der Waals surface area contributed by atoms with Crippen LogP contribution in [0, 0.1) is 0 Å². The Balaban J connectivity index is 2.34. The van der Waals surface area contributed by atoms with Gasteiger partial charge in [-0.15, -0.1) is 0 Å². The lowest BCUT2D eigenvalue weighted by Crippen LogP contribution is -2.50. The van der Waals surface area contributed by atoms with Crippen LogP contribution in [0.3, 0.4) is 0 Å². The Kier molecular flexibility index (Phi) is 3.82. The van der Waals surface area contributed by atoms with Crippen molar-refractivity contribution in [3.05, 3.63) is 28.2 Å². The Morgan fingerprint density at radius 1 is 1.44 bits per heavy atom. The molecular formula is C12H16BrNO3S. The summed E-state index contributed by atoms with van der Waals surface area (Å²) < 4.78 is 27.9. The maximum atomic E-state index is 12.3. The van der Waals surface area contributed by atoms with Gasteiger partial charge in [0.05, 0.1) is 11.5 Å². The summed E-state index contributed by atoms with van der Waals surface area (Å²) in [6.07, 6.45) is 2.78. The fourth-order valence-corrected chi connectivity index (χ4v) is 4.52. The van der Waals surface area contributed by atoms with Crippen LogP contribution >= 0.6 is 15.9 Å². The van der Waals surface area contributed by atoms with Crippen LogP contribution in [0.15, 0.2) is 27.6 Å². The van der Waals surface area contributed by atoms with Gasteiger partial charge in [0.2, 0.25) is 10.0 Å². The van der Waals surface area contributed by atoms with Gasteiger partial charge in [0, 0.05) is 10.0 Å². The lowest BCUT2D eigenvalue weighted by atomic mass is 9.80. The summed E-state index contributed by atoms with van der Waals surface area (Å²) in [5.74, 6) is 0. The molecule has 1 aliphatic rings. The van der Waals surface area contributed by atoms with Crippen LogP contribution in [0.4, 0.5) is 0 Å². The molecule has 0 atom stereocenters. The lowest BCUT2D eigenvalue weighted by Gasteiger charge is -2.38. The Morgan fingerprint density at radius 3 is 2.61 bits per heavy atom. The van der Waals surface area contributed by atoms with Gasteiger partial charge in [-0.3, -0.25) is 0 Å². The summed E-state index contributed by atoms with van der Waals surface area (Å²) in [6, 6.07) is 4.83. The Morgan fingerprint density at radius 2 is 2.11 bits per heavy atom. The molecule has 1 aliphatic carbocycles. The molecule has 0 aromatic heterocycles. The number of halogens is 1. The number of sulfonamides is 1. The van der Waals surface area contributed by atoms with E-state index >= 15 is 0 Å². The minimum atomic E-state index is -3.55. The van der Waals surface area contributed by atoms with Gasteiger partial charge in [-0.25, -0.2) is 13.1 Å². The van der Waals surface area contributed by atoms with Crippen LogP contribution in [0.1, 0.15) is 31.7 Å². The van der Waals surface area contributed by atoms with Gasteiger partial charge < -0.3 is 5.11 Å². The van der Waals surface area contributed by atoms with Crippen molar-refractivity contribution in [1.82, 2.24) is 4.72 Å². The smallest absolute Gasteiger partial charge is 0.242 e. The molecule has 1 saturated carbocycles. The molecule has 0 radical (unpaired) electrons. The van der Waals surface area contributed by atoms with Crippen LogP contribution in [0.5, 0.6) is 0 Å². The van der Waals surface area contributed by atoms with Crippen molar-refractivity contribution < 1.29 is 13.5 Å². The molecule has 0 heterocycles. The molecule has 1 aromatic rings. The average Bonchev–Trinajstić information content (AvgIpc) is 2.27. The second-order valence-corrected chi connectivity index (χ2v) is 7.45. The third-order valence-corrected chi connectivity index (χ3v) is 5.94. The van der Waals surface area contributed by atoms with Crippen molar-refractivity contribution in [2.45, 2.75) is 43.2 Å². The van der Waals surface area contributed by atoms with E-state index in [1.165, 1.54) is 6.07 Å². The number of rotatable bonds is 4. The summed E-state index contributed by atoms with van der Waals surface area (Å²) in [6.45, 7) is 1.74. The van der Waals surface area contributed by atoms with E-state index in [1.54, 1.807) is 12.1 Å². The molecule has 18 heavy (non-hydrogen) atoms. The molecular weight excluding hydrogens is 318 g/mol. The Hall–Kier alpha value is -0.430. The second kappa shape index (κ2) is 4.92. The summed E-state index contributed by atoms with van der Waals surface area (Å²) >= 11 is 3.24. The van der Waals surface area contributed by atoms with E-state index in [4.69, 9.17) is 5.11 Å². The Labute approximate surface area is 116 Å². The third kappa shape index (κ3) is 2.77. The first-order valence-electron chi connectivity index (χ1n) is 5.80. The van der Waals surface area contributed by atoms with Crippen molar-refractivity contribution in [3.8, 4) is 0 Å². The fourth-order valence-electron chi connectivity index (χ4n) is 2.04. The minimum Gasteiger partial charge on any atom is -0.392 e. The van der Waals surface area contributed by atoms with Crippen LogP contribution < -0.4 is 4.72 Å². The zero-order chi connectivity index (χ0) is 13.4. The molecule has 2 N–H and O–H groups in total. The largest absolute Gasteiger partial charge is 0.392 e. The summed E-state index contributed by atoms with van der Waals surface area (Å²) in [5.41, 5.74) is 0.255. The topological polar surface area (TPSA) is 66.4 Å². The highest BCUT2D eigenvalue weighted by molar-refractivity contribution is 9.10. The molecule has 0 bridgehead atoms. The molecule has 0 amide bonds.